The van der Waals surface area contributed by atoms with Crippen molar-refractivity contribution in [2.24, 2.45) is 5.92 Å². The van der Waals surface area contributed by atoms with Crippen molar-refractivity contribution in [3.8, 4) is 0 Å². The van der Waals surface area contributed by atoms with Gasteiger partial charge in [-0.15, -0.1) is 0 Å². The number of nitrogens with one attached hydrogen (secondary N) is 1. The van der Waals surface area contributed by atoms with Crippen LogP contribution in [0, 0.1) is 5.92 Å². The predicted molar refractivity (Wildman–Crippen MR) is 107 cm³/mol. The van der Waals surface area contributed by atoms with Gasteiger partial charge in [-0.05, 0) is 72.8 Å². The van der Waals surface area contributed by atoms with Crippen molar-refractivity contribution < 1.29 is 4.79 Å². The summed E-state index contributed by atoms with van der Waals surface area (Å²) in [5, 5.41) is 7.54. The Balaban J connectivity index is 1.30. The smallest absolute Gasteiger partial charge is 0.317 e. The highest BCUT2D eigenvalue weighted by Gasteiger charge is 2.40. The highest BCUT2D eigenvalue weighted by Crippen LogP contribution is 2.33. The second-order valence-electron chi connectivity index (χ2n) is 8.01. The van der Waals surface area contributed by atoms with E-state index in [1.165, 1.54) is 16.7 Å². The van der Waals surface area contributed by atoms with Crippen LogP contribution < -0.4 is 5.32 Å². The van der Waals surface area contributed by atoms with Crippen LogP contribution in [0.25, 0.3) is 0 Å². The van der Waals surface area contributed by atoms with Gasteiger partial charge in [0.25, 0.3) is 0 Å². The third kappa shape index (κ3) is 3.38. The zero-order chi connectivity index (χ0) is 18.1. The number of thiophene rings is 1. The Kier molecular flexibility index (Phi) is 4.76. The third-order valence-electron chi connectivity index (χ3n) is 6.02. The van der Waals surface area contributed by atoms with E-state index in [0.717, 1.165) is 32.4 Å². The summed E-state index contributed by atoms with van der Waals surface area (Å²) in [4.78, 5) is 16.8. The molecule has 1 N–H and O–H groups in total. The maximum atomic E-state index is 12.6. The molecule has 0 unspecified atom stereocenters. The Morgan fingerprint density at radius 1 is 1.23 bits per heavy atom. The number of nitrogens with zero attached hydrogens (tertiary/aromatic N) is 2. The number of hydrogen-bond donors (Lipinski definition) is 1. The van der Waals surface area contributed by atoms with Gasteiger partial charge in [0.1, 0.15) is 0 Å². The quantitative estimate of drug-likeness (QED) is 0.879. The molecule has 138 valence electrons. The average molecular weight is 370 g/mol. The van der Waals surface area contributed by atoms with E-state index in [2.05, 4.69) is 65.4 Å². The van der Waals surface area contributed by atoms with E-state index < -0.39 is 0 Å². The second-order valence-corrected chi connectivity index (χ2v) is 8.79. The van der Waals surface area contributed by atoms with Crippen molar-refractivity contribution in [1.29, 1.82) is 0 Å². The summed E-state index contributed by atoms with van der Waals surface area (Å²) < 4.78 is 0. The number of rotatable bonds is 5. The van der Waals surface area contributed by atoms with E-state index in [4.69, 9.17) is 0 Å². The van der Waals surface area contributed by atoms with Gasteiger partial charge in [-0.3, -0.25) is 0 Å². The van der Waals surface area contributed by atoms with E-state index >= 15 is 0 Å². The molecule has 1 aliphatic carbocycles. The molecule has 2 aliphatic rings. The van der Waals surface area contributed by atoms with Crippen LogP contribution in [0.2, 0.25) is 0 Å². The molecule has 4 rings (SSSR count). The average Bonchev–Trinajstić information content (AvgIpc) is 3.23. The van der Waals surface area contributed by atoms with E-state index in [9.17, 15) is 4.79 Å². The molecule has 2 heterocycles. The number of likely N-dealkylation sites (N-methyl/N-ethyl adjacent to an activating group) is 1. The first-order chi connectivity index (χ1) is 12.6. The van der Waals surface area contributed by atoms with Crippen LogP contribution in [0.15, 0.2) is 41.1 Å². The van der Waals surface area contributed by atoms with E-state index in [-0.39, 0.29) is 11.6 Å². The van der Waals surface area contributed by atoms with E-state index in [1.54, 1.807) is 11.3 Å². The number of benzene rings is 1. The molecule has 1 aliphatic heterocycles. The first kappa shape index (κ1) is 17.6. The third-order valence-corrected chi connectivity index (χ3v) is 6.76. The Labute approximate surface area is 159 Å². The summed E-state index contributed by atoms with van der Waals surface area (Å²) in [5.74, 6) is 0.605. The fourth-order valence-corrected chi connectivity index (χ4v) is 4.91. The lowest BCUT2D eigenvalue weighted by Gasteiger charge is -2.41. The number of amides is 2. The number of likely N-dealkylation sites (tertiary alicyclic amines) is 1. The molecule has 1 fully saturated rings. The highest BCUT2D eigenvalue weighted by molar-refractivity contribution is 7.07. The van der Waals surface area contributed by atoms with Crippen LogP contribution in [-0.4, -0.2) is 55.1 Å². The fourth-order valence-electron chi connectivity index (χ4n) is 4.23. The number of fused-ring (bicyclic) bond motifs is 1. The Morgan fingerprint density at radius 2 is 1.92 bits per heavy atom. The second kappa shape index (κ2) is 7.05. The standard InChI is InChI=1S/C21H27N3OS/c1-23(2)21(10-18-5-3-4-6-19(18)11-21)15-22-20(25)24-12-17(13-24)9-16-7-8-26-14-16/h3-8,14,17H,9-13,15H2,1-2H3,(H,22,25). The highest BCUT2D eigenvalue weighted by atomic mass is 32.1. The predicted octanol–water partition coefficient (Wildman–Crippen LogP) is 3.03. The molecule has 0 bridgehead atoms. The molecule has 1 aromatic carbocycles. The topological polar surface area (TPSA) is 35.6 Å². The summed E-state index contributed by atoms with van der Waals surface area (Å²) in [6, 6.07) is 10.9. The van der Waals surface area contributed by atoms with Gasteiger partial charge in [0.05, 0.1) is 0 Å². The lowest BCUT2D eigenvalue weighted by Crippen LogP contribution is -2.59. The number of carbonyl (C=O) groups excluding carboxylic acids is 1. The molecule has 5 heteroatoms. The minimum Gasteiger partial charge on any atom is -0.336 e. The Morgan fingerprint density at radius 3 is 2.50 bits per heavy atom. The van der Waals surface area contributed by atoms with E-state index in [1.807, 2.05) is 4.90 Å². The molecule has 2 amide bonds. The van der Waals surface area contributed by atoms with Gasteiger partial charge >= 0.3 is 6.03 Å². The summed E-state index contributed by atoms with van der Waals surface area (Å²) in [5.41, 5.74) is 4.21. The minimum absolute atomic E-state index is 0.0136. The summed E-state index contributed by atoms with van der Waals surface area (Å²) in [6.45, 7) is 2.44. The number of urea groups is 1. The summed E-state index contributed by atoms with van der Waals surface area (Å²) in [7, 11) is 4.25. The maximum Gasteiger partial charge on any atom is 0.317 e. The Bertz CT molecular complexity index is 740. The SMILES string of the molecule is CN(C)C1(CNC(=O)N2CC(Cc3ccsc3)C2)Cc2ccccc2C1. The lowest BCUT2D eigenvalue weighted by molar-refractivity contribution is 0.110. The van der Waals surface area contributed by atoms with Gasteiger partial charge in [0.2, 0.25) is 0 Å². The molecular formula is C21H27N3OS. The first-order valence-corrected chi connectivity index (χ1v) is 10.3. The van der Waals surface area contributed by atoms with Crippen LogP contribution >= 0.6 is 11.3 Å². The molecule has 26 heavy (non-hydrogen) atoms. The Hall–Kier alpha value is -1.85. The largest absolute Gasteiger partial charge is 0.336 e. The molecule has 1 aromatic heterocycles. The number of carbonyl (C=O) groups is 1. The van der Waals surface area contributed by atoms with Crippen molar-refractivity contribution in [3.63, 3.8) is 0 Å². The first-order valence-electron chi connectivity index (χ1n) is 9.34. The van der Waals surface area contributed by atoms with Gasteiger partial charge in [0.15, 0.2) is 0 Å². The summed E-state index contributed by atoms with van der Waals surface area (Å²) in [6.07, 6.45) is 3.08. The molecule has 0 saturated carbocycles. The van der Waals surface area contributed by atoms with Gasteiger partial charge in [-0.2, -0.15) is 11.3 Å². The molecule has 0 atom stereocenters. The van der Waals surface area contributed by atoms with E-state index in [0.29, 0.717) is 12.5 Å². The van der Waals surface area contributed by atoms with Crippen molar-refractivity contribution in [1.82, 2.24) is 15.1 Å². The van der Waals surface area contributed by atoms with Crippen LogP contribution in [0.3, 0.4) is 0 Å². The minimum atomic E-state index is -0.0136. The van der Waals surface area contributed by atoms with Gasteiger partial charge < -0.3 is 15.1 Å². The van der Waals surface area contributed by atoms with Crippen LogP contribution in [0.1, 0.15) is 16.7 Å². The van der Waals surface area contributed by atoms with Crippen molar-refractivity contribution in [3.05, 3.63) is 57.8 Å². The van der Waals surface area contributed by atoms with Gasteiger partial charge in [0, 0.05) is 25.2 Å². The molecule has 2 aromatic rings. The van der Waals surface area contributed by atoms with Crippen molar-refractivity contribution in [2.75, 3.05) is 33.7 Å². The zero-order valence-corrected chi connectivity index (χ0v) is 16.4. The van der Waals surface area contributed by atoms with Gasteiger partial charge in [-0.25, -0.2) is 4.79 Å². The van der Waals surface area contributed by atoms with Crippen molar-refractivity contribution in [2.45, 2.75) is 24.8 Å². The zero-order valence-electron chi connectivity index (χ0n) is 15.6. The van der Waals surface area contributed by atoms with Crippen LogP contribution in [-0.2, 0) is 19.3 Å². The number of hydrogen-bond acceptors (Lipinski definition) is 3. The van der Waals surface area contributed by atoms with Crippen LogP contribution in [0.5, 0.6) is 0 Å². The molecule has 0 radical (unpaired) electrons. The maximum absolute atomic E-state index is 12.6. The lowest BCUT2D eigenvalue weighted by atomic mass is 9.93. The fraction of sp³-hybridized carbons (Fsp3) is 0.476. The molecule has 4 nitrogen and oxygen atoms in total. The van der Waals surface area contributed by atoms with Crippen molar-refractivity contribution >= 4 is 17.4 Å². The molecule has 1 saturated heterocycles. The molecule has 0 spiro atoms. The molecular weight excluding hydrogens is 342 g/mol. The van der Waals surface area contributed by atoms with Gasteiger partial charge in [-0.1, -0.05) is 24.3 Å². The monoisotopic (exact) mass is 369 g/mol. The normalized spacial score (nSPS) is 18.7. The summed E-state index contributed by atoms with van der Waals surface area (Å²) >= 11 is 1.74. The van der Waals surface area contributed by atoms with Crippen LogP contribution in [0.4, 0.5) is 4.79 Å².